The zero-order valence-corrected chi connectivity index (χ0v) is 48.5. The molecule has 75 heavy (non-hydrogen) atoms. The number of aliphatic hydroxyl groups is 7. The maximum atomic E-state index is 13.2. The molecule has 0 spiro atoms. The summed E-state index contributed by atoms with van der Waals surface area (Å²) in [5, 5.41) is 76.2. The lowest BCUT2D eigenvalue weighted by Gasteiger charge is -2.40. The Bertz CT molecular complexity index is 1310. The van der Waals surface area contributed by atoms with E-state index >= 15 is 0 Å². The highest BCUT2D eigenvalue weighted by Gasteiger charge is 2.44. The van der Waals surface area contributed by atoms with Crippen LogP contribution >= 0.6 is 0 Å². The number of carbonyl (C=O) groups excluding carboxylic acids is 1. The lowest BCUT2D eigenvalue weighted by molar-refractivity contribution is -0.303. The van der Waals surface area contributed by atoms with E-state index in [-0.39, 0.29) is 12.8 Å². The van der Waals surface area contributed by atoms with E-state index in [4.69, 9.17) is 9.47 Å². The molecule has 0 saturated carbocycles. The number of hydrogen-bond acceptors (Lipinski definition) is 10. The van der Waals surface area contributed by atoms with Crippen molar-refractivity contribution in [3.05, 3.63) is 36.5 Å². The molecule has 0 aromatic heterocycles. The Morgan fingerprint density at radius 3 is 1.19 bits per heavy atom. The van der Waals surface area contributed by atoms with E-state index in [2.05, 4.69) is 55.6 Å². The number of allylic oxidation sites excluding steroid dienone is 6. The van der Waals surface area contributed by atoms with Gasteiger partial charge in [-0.05, 0) is 77.0 Å². The van der Waals surface area contributed by atoms with Gasteiger partial charge in [0, 0.05) is 0 Å². The van der Waals surface area contributed by atoms with Gasteiger partial charge in [-0.15, -0.1) is 0 Å². The first-order chi connectivity index (χ1) is 36.7. The van der Waals surface area contributed by atoms with Crippen LogP contribution in [0.4, 0.5) is 0 Å². The predicted octanol–water partition coefficient (Wildman–Crippen LogP) is 14.2. The molecule has 1 heterocycles. The van der Waals surface area contributed by atoms with E-state index in [1.165, 1.54) is 193 Å². The Morgan fingerprint density at radius 1 is 0.453 bits per heavy atom. The molecule has 0 aromatic carbocycles. The van der Waals surface area contributed by atoms with Crippen molar-refractivity contribution < 1.29 is 50.0 Å². The summed E-state index contributed by atoms with van der Waals surface area (Å²) in [6.07, 6.45) is 55.1. The largest absolute Gasteiger partial charge is 0.394 e. The number of rotatable bonds is 55. The van der Waals surface area contributed by atoms with E-state index in [9.17, 15) is 40.5 Å². The molecule has 1 fully saturated rings. The summed E-state index contributed by atoms with van der Waals surface area (Å²) in [5.74, 6) is -0.713. The van der Waals surface area contributed by atoms with Gasteiger partial charge in [-0.3, -0.25) is 4.79 Å². The van der Waals surface area contributed by atoms with Crippen LogP contribution in [0.3, 0.4) is 0 Å². The summed E-state index contributed by atoms with van der Waals surface area (Å²) in [5.41, 5.74) is 0. The number of ether oxygens (including phenoxy) is 2. The van der Waals surface area contributed by atoms with Gasteiger partial charge < -0.3 is 50.5 Å². The Hall–Kier alpha value is -1.67. The Kier molecular flexibility index (Phi) is 50.4. The molecular formula is C64H121NO10. The number of unbranched alkanes of at least 4 members (excludes halogenated alkanes) is 37. The monoisotopic (exact) mass is 1060 g/mol. The third kappa shape index (κ3) is 41.1. The van der Waals surface area contributed by atoms with Crippen LogP contribution in [0.25, 0.3) is 0 Å². The van der Waals surface area contributed by atoms with Gasteiger partial charge in [-0.2, -0.15) is 0 Å². The highest BCUT2D eigenvalue weighted by Crippen LogP contribution is 2.23. The van der Waals surface area contributed by atoms with Gasteiger partial charge in [0.1, 0.15) is 36.6 Å². The van der Waals surface area contributed by atoms with Gasteiger partial charge in [0.2, 0.25) is 5.91 Å². The van der Waals surface area contributed by atoms with Crippen LogP contribution in [-0.2, 0) is 14.3 Å². The summed E-state index contributed by atoms with van der Waals surface area (Å²) >= 11 is 0. The van der Waals surface area contributed by atoms with Crippen molar-refractivity contribution in [2.75, 3.05) is 13.2 Å². The molecule has 1 amide bonds. The molecule has 8 N–H and O–H groups in total. The first-order valence-electron chi connectivity index (χ1n) is 31.9. The minimum atomic E-state index is -1.67. The quantitative estimate of drug-likeness (QED) is 0.0215. The molecule has 0 radical (unpaired) electrons. The second kappa shape index (κ2) is 53.0. The summed E-state index contributed by atoms with van der Waals surface area (Å²) in [6, 6.07) is -1.19. The molecule has 9 unspecified atom stereocenters. The van der Waals surface area contributed by atoms with E-state index in [0.717, 1.165) is 57.8 Å². The van der Waals surface area contributed by atoms with Gasteiger partial charge in [-0.1, -0.05) is 256 Å². The number of aliphatic hydroxyl groups excluding tert-OH is 7. The zero-order valence-electron chi connectivity index (χ0n) is 48.5. The number of nitrogens with one attached hydrogen (secondary N) is 1. The van der Waals surface area contributed by atoms with Gasteiger partial charge in [0.25, 0.3) is 0 Å². The van der Waals surface area contributed by atoms with Crippen LogP contribution in [0.1, 0.15) is 296 Å². The van der Waals surface area contributed by atoms with Crippen LogP contribution in [-0.4, -0.2) is 110 Å². The van der Waals surface area contributed by atoms with Crippen LogP contribution in [0.5, 0.6) is 0 Å². The van der Waals surface area contributed by atoms with E-state index < -0.39 is 74.2 Å². The smallest absolute Gasteiger partial charge is 0.249 e. The fraction of sp³-hybridized carbons (Fsp3) is 0.891. The molecule has 442 valence electrons. The topological polar surface area (TPSA) is 189 Å². The molecule has 0 aliphatic carbocycles. The zero-order chi connectivity index (χ0) is 54.7. The maximum Gasteiger partial charge on any atom is 0.249 e. The standard InChI is InChI=1S/C64H121NO10/c1-3-5-7-9-11-13-15-17-19-21-22-23-24-25-26-27-28-29-30-31-32-33-34-35-36-38-39-41-43-45-47-49-51-56(67)59(69)55(54-74-64-62(72)61(71)60(70)58(53-66)75-64)65-63(73)57(68)52-50-48-46-44-42-40-37-20-18-16-14-12-10-8-6-4-2/h18,20,36,38,43,45,55-62,64,66-72H,3-17,19,21-35,37,39-42,44,46-54H2,1-2H3,(H,65,73)/b20-18-,38-36+,45-43+. The average molecular weight is 1060 g/mol. The third-order valence-electron chi connectivity index (χ3n) is 15.4. The van der Waals surface area contributed by atoms with Crippen molar-refractivity contribution in [3.63, 3.8) is 0 Å². The maximum absolute atomic E-state index is 13.2. The van der Waals surface area contributed by atoms with Crippen molar-refractivity contribution >= 4 is 5.91 Å². The Morgan fingerprint density at radius 2 is 0.800 bits per heavy atom. The Balaban J connectivity index is 2.24. The van der Waals surface area contributed by atoms with Crippen LogP contribution in [0.2, 0.25) is 0 Å². The average Bonchev–Trinajstić information content (AvgIpc) is 3.41. The first kappa shape index (κ1) is 71.3. The second-order valence-electron chi connectivity index (χ2n) is 22.5. The van der Waals surface area contributed by atoms with E-state index in [1.54, 1.807) is 0 Å². The predicted molar refractivity (Wildman–Crippen MR) is 312 cm³/mol. The van der Waals surface area contributed by atoms with Crippen LogP contribution in [0, 0.1) is 0 Å². The van der Waals surface area contributed by atoms with E-state index in [1.807, 2.05) is 0 Å². The summed E-state index contributed by atoms with van der Waals surface area (Å²) < 4.78 is 11.1. The number of carbonyl (C=O) groups is 1. The SMILES string of the molecule is CCCCCCCC/C=C\CCCCCCCCC(O)C(=O)NC(COC1OC(CO)C(O)C(O)C1O)C(O)C(O)CCC/C=C/CC/C=C/CCCCCCCCCCCCCCCCCCCCCCCCC. The molecule has 1 aliphatic rings. The second-order valence-corrected chi connectivity index (χ2v) is 22.5. The molecular weight excluding hydrogens is 943 g/mol. The minimum Gasteiger partial charge on any atom is -0.394 e. The summed E-state index contributed by atoms with van der Waals surface area (Å²) in [4.78, 5) is 13.2. The summed E-state index contributed by atoms with van der Waals surface area (Å²) in [6.45, 7) is 3.45. The third-order valence-corrected chi connectivity index (χ3v) is 15.4. The van der Waals surface area contributed by atoms with Crippen molar-refractivity contribution in [1.82, 2.24) is 5.32 Å². The Labute approximate surface area is 460 Å². The minimum absolute atomic E-state index is 0.244. The number of hydrogen-bond donors (Lipinski definition) is 8. The normalized spacial score (nSPS) is 19.9. The lowest BCUT2D eigenvalue weighted by atomic mass is 9.98. The molecule has 11 heteroatoms. The lowest BCUT2D eigenvalue weighted by Crippen LogP contribution is -2.60. The molecule has 1 rings (SSSR count). The van der Waals surface area contributed by atoms with Gasteiger partial charge in [0.05, 0.1) is 25.4 Å². The molecule has 1 saturated heterocycles. The van der Waals surface area contributed by atoms with Crippen molar-refractivity contribution in [1.29, 1.82) is 0 Å². The fourth-order valence-electron chi connectivity index (χ4n) is 10.2. The molecule has 0 bridgehead atoms. The summed E-state index contributed by atoms with van der Waals surface area (Å²) in [7, 11) is 0. The number of amides is 1. The highest BCUT2D eigenvalue weighted by molar-refractivity contribution is 5.80. The molecule has 1 aliphatic heterocycles. The first-order valence-corrected chi connectivity index (χ1v) is 31.9. The van der Waals surface area contributed by atoms with E-state index in [0.29, 0.717) is 19.3 Å². The fourth-order valence-corrected chi connectivity index (χ4v) is 10.2. The highest BCUT2D eigenvalue weighted by atomic mass is 16.7. The van der Waals surface area contributed by atoms with Crippen molar-refractivity contribution in [2.24, 2.45) is 0 Å². The van der Waals surface area contributed by atoms with Crippen LogP contribution < -0.4 is 5.32 Å². The molecule has 11 nitrogen and oxygen atoms in total. The van der Waals surface area contributed by atoms with Gasteiger partial charge in [-0.25, -0.2) is 0 Å². The van der Waals surface area contributed by atoms with Gasteiger partial charge in [0.15, 0.2) is 6.29 Å². The molecule has 9 atom stereocenters. The van der Waals surface area contributed by atoms with Crippen LogP contribution in [0.15, 0.2) is 36.5 Å². The van der Waals surface area contributed by atoms with Gasteiger partial charge >= 0.3 is 0 Å². The molecule has 0 aromatic rings. The van der Waals surface area contributed by atoms with Crippen molar-refractivity contribution in [3.8, 4) is 0 Å². The van der Waals surface area contributed by atoms with Crippen molar-refractivity contribution in [2.45, 2.75) is 351 Å².